The summed E-state index contributed by atoms with van der Waals surface area (Å²) in [6, 6.07) is 16.2. The number of aromatic nitrogens is 5. The Kier molecular flexibility index (Phi) is 3.52. The fourth-order valence-corrected chi connectivity index (χ4v) is 2.58. The lowest BCUT2D eigenvalue weighted by Crippen LogP contribution is -1.97. The molecular weight excluding hydrogens is 286 g/mol. The zero-order valence-corrected chi connectivity index (χ0v) is 12.5. The van der Waals surface area contributed by atoms with Gasteiger partial charge in [0.25, 0.3) is 5.78 Å². The summed E-state index contributed by atoms with van der Waals surface area (Å²) in [5.74, 6) is 1.42. The Labute approximate surface area is 133 Å². The minimum atomic E-state index is 0.620. The van der Waals surface area contributed by atoms with Crippen LogP contribution in [-0.2, 0) is 12.8 Å². The molecule has 5 nitrogen and oxygen atoms in total. The minimum Gasteiger partial charge on any atom is -0.264 e. The molecule has 0 fully saturated rings. The van der Waals surface area contributed by atoms with Crippen LogP contribution in [0.25, 0.3) is 17.0 Å². The number of hydrogen-bond acceptors (Lipinski definition) is 4. The molecule has 4 aromatic rings. The summed E-state index contributed by atoms with van der Waals surface area (Å²) in [5.41, 5.74) is 3.23. The summed E-state index contributed by atoms with van der Waals surface area (Å²) in [6.07, 6.45) is 7.04. The maximum Gasteiger partial charge on any atom is 0.252 e. The van der Waals surface area contributed by atoms with Crippen molar-refractivity contribution in [3.05, 3.63) is 78.5 Å². The standard InChI is InChI=1S/C18H15N5/c1-2-5-14(6-3-1)8-9-17-21-18-20-12-10-16(23(18)22-17)15-7-4-11-19-13-15/h1-7,10-13H,8-9H2. The van der Waals surface area contributed by atoms with E-state index < -0.39 is 0 Å². The van der Waals surface area contributed by atoms with Crippen LogP contribution in [0.3, 0.4) is 0 Å². The molecule has 0 amide bonds. The van der Waals surface area contributed by atoms with E-state index in [0.29, 0.717) is 5.78 Å². The second kappa shape index (κ2) is 5.96. The smallest absolute Gasteiger partial charge is 0.252 e. The first-order chi connectivity index (χ1) is 11.4. The molecule has 0 bridgehead atoms. The van der Waals surface area contributed by atoms with Gasteiger partial charge in [-0.1, -0.05) is 30.3 Å². The summed E-state index contributed by atoms with van der Waals surface area (Å²) < 4.78 is 1.79. The Morgan fingerprint density at radius 3 is 2.61 bits per heavy atom. The van der Waals surface area contributed by atoms with E-state index in [2.05, 4.69) is 44.3 Å². The van der Waals surface area contributed by atoms with Crippen LogP contribution in [0.15, 0.2) is 67.1 Å². The van der Waals surface area contributed by atoms with Crippen LogP contribution in [0.2, 0.25) is 0 Å². The van der Waals surface area contributed by atoms with Gasteiger partial charge in [0.2, 0.25) is 0 Å². The molecule has 0 saturated carbocycles. The number of hydrogen-bond donors (Lipinski definition) is 0. The van der Waals surface area contributed by atoms with Crippen LogP contribution < -0.4 is 0 Å². The maximum absolute atomic E-state index is 4.62. The van der Waals surface area contributed by atoms with Crippen molar-refractivity contribution in [1.82, 2.24) is 24.6 Å². The van der Waals surface area contributed by atoms with Crippen molar-refractivity contribution in [2.24, 2.45) is 0 Å². The first kappa shape index (κ1) is 13.6. The fourth-order valence-electron chi connectivity index (χ4n) is 2.58. The lowest BCUT2D eigenvalue weighted by Gasteiger charge is -2.02. The molecule has 3 heterocycles. The van der Waals surface area contributed by atoms with E-state index in [1.807, 2.05) is 30.5 Å². The summed E-state index contributed by atoms with van der Waals surface area (Å²) in [4.78, 5) is 13.0. The number of nitrogens with zero attached hydrogens (tertiary/aromatic N) is 5. The van der Waals surface area contributed by atoms with Gasteiger partial charge in [0.15, 0.2) is 5.82 Å². The topological polar surface area (TPSA) is 56.0 Å². The van der Waals surface area contributed by atoms with Gasteiger partial charge in [-0.15, -0.1) is 5.10 Å². The van der Waals surface area contributed by atoms with Crippen molar-refractivity contribution in [2.45, 2.75) is 12.8 Å². The number of rotatable bonds is 4. The van der Waals surface area contributed by atoms with Gasteiger partial charge >= 0.3 is 0 Å². The highest BCUT2D eigenvalue weighted by atomic mass is 15.3. The van der Waals surface area contributed by atoms with E-state index in [4.69, 9.17) is 0 Å². The molecule has 0 spiro atoms. The second-order valence-corrected chi connectivity index (χ2v) is 5.30. The molecule has 23 heavy (non-hydrogen) atoms. The van der Waals surface area contributed by atoms with Gasteiger partial charge in [-0.05, 0) is 30.2 Å². The molecular formula is C18H15N5. The van der Waals surface area contributed by atoms with Crippen LogP contribution >= 0.6 is 0 Å². The van der Waals surface area contributed by atoms with Crippen LogP contribution in [0, 0.1) is 0 Å². The highest BCUT2D eigenvalue weighted by Gasteiger charge is 2.10. The van der Waals surface area contributed by atoms with Crippen molar-refractivity contribution in [3.63, 3.8) is 0 Å². The summed E-state index contributed by atoms with van der Waals surface area (Å²) in [6.45, 7) is 0. The van der Waals surface area contributed by atoms with E-state index >= 15 is 0 Å². The van der Waals surface area contributed by atoms with Crippen LogP contribution in [0.1, 0.15) is 11.4 Å². The Balaban J connectivity index is 1.66. The molecule has 0 aliphatic carbocycles. The van der Waals surface area contributed by atoms with Crippen LogP contribution in [0.4, 0.5) is 0 Å². The zero-order chi connectivity index (χ0) is 15.5. The number of benzene rings is 1. The number of pyridine rings is 1. The normalized spacial score (nSPS) is 11.0. The second-order valence-electron chi connectivity index (χ2n) is 5.30. The van der Waals surface area contributed by atoms with E-state index in [9.17, 15) is 0 Å². The van der Waals surface area contributed by atoms with Crippen LogP contribution in [-0.4, -0.2) is 24.6 Å². The van der Waals surface area contributed by atoms with E-state index in [1.54, 1.807) is 16.9 Å². The van der Waals surface area contributed by atoms with Crippen molar-refractivity contribution in [3.8, 4) is 11.3 Å². The highest BCUT2D eigenvalue weighted by Crippen LogP contribution is 2.17. The van der Waals surface area contributed by atoms with Crippen molar-refractivity contribution in [1.29, 1.82) is 0 Å². The Bertz CT molecular complexity index is 916. The van der Waals surface area contributed by atoms with Gasteiger partial charge in [-0.25, -0.2) is 4.98 Å². The van der Waals surface area contributed by atoms with Crippen molar-refractivity contribution >= 4 is 5.78 Å². The molecule has 0 radical (unpaired) electrons. The minimum absolute atomic E-state index is 0.620. The van der Waals surface area contributed by atoms with Gasteiger partial charge in [0.1, 0.15) is 0 Å². The van der Waals surface area contributed by atoms with Gasteiger partial charge in [-0.2, -0.15) is 9.50 Å². The third kappa shape index (κ3) is 2.81. The molecule has 1 aromatic carbocycles. The summed E-state index contributed by atoms with van der Waals surface area (Å²) in [5, 5.41) is 4.62. The predicted molar refractivity (Wildman–Crippen MR) is 87.9 cm³/mol. The van der Waals surface area contributed by atoms with Gasteiger partial charge < -0.3 is 0 Å². The maximum atomic E-state index is 4.62. The summed E-state index contributed by atoms with van der Waals surface area (Å²) in [7, 11) is 0. The first-order valence-electron chi connectivity index (χ1n) is 7.55. The molecule has 0 aliphatic heterocycles. The van der Waals surface area contributed by atoms with Crippen LogP contribution in [0.5, 0.6) is 0 Å². The summed E-state index contributed by atoms with van der Waals surface area (Å²) >= 11 is 0. The third-order valence-electron chi connectivity index (χ3n) is 3.72. The lowest BCUT2D eigenvalue weighted by atomic mass is 10.1. The zero-order valence-electron chi connectivity index (χ0n) is 12.5. The van der Waals surface area contributed by atoms with E-state index in [1.165, 1.54) is 5.56 Å². The molecule has 5 heteroatoms. The number of fused-ring (bicyclic) bond motifs is 1. The monoisotopic (exact) mass is 301 g/mol. The van der Waals surface area contributed by atoms with Gasteiger partial charge in [-0.3, -0.25) is 4.98 Å². The average Bonchev–Trinajstić information content (AvgIpc) is 3.04. The Morgan fingerprint density at radius 1 is 0.870 bits per heavy atom. The molecule has 0 unspecified atom stereocenters. The highest BCUT2D eigenvalue weighted by molar-refractivity contribution is 5.59. The molecule has 0 atom stereocenters. The van der Waals surface area contributed by atoms with Gasteiger partial charge in [0.05, 0.1) is 5.69 Å². The van der Waals surface area contributed by atoms with Gasteiger partial charge in [0, 0.05) is 30.6 Å². The van der Waals surface area contributed by atoms with E-state index in [-0.39, 0.29) is 0 Å². The van der Waals surface area contributed by atoms with Crippen molar-refractivity contribution < 1.29 is 0 Å². The largest absolute Gasteiger partial charge is 0.264 e. The fraction of sp³-hybridized carbons (Fsp3) is 0.111. The SMILES string of the molecule is c1ccc(CCc2nc3nccc(-c4cccnc4)n3n2)cc1. The predicted octanol–water partition coefficient (Wildman–Crippen LogP) is 2.97. The molecule has 0 saturated heterocycles. The molecule has 4 rings (SSSR count). The Morgan fingerprint density at radius 2 is 1.78 bits per heavy atom. The first-order valence-corrected chi connectivity index (χ1v) is 7.55. The average molecular weight is 301 g/mol. The number of aryl methyl sites for hydroxylation is 2. The quantitative estimate of drug-likeness (QED) is 0.581. The Hall–Kier alpha value is -3.08. The van der Waals surface area contributed by atoms with Crippen molar-refractivity contribution in [2.75, 3.05) is 0 Å². The molecule has 0 N–H and O–H groups in total. The molecule has 112 valence electrons. The van der Waals surface area contributed by atoms with E-state index in [0.717, 1.165) is 29.9 Å². The third-order valence-corrected chi connectivity index (χ3v) is 3.72. The lowest BCUT2D eigenvalue weighted by molar-refractivity contribution is 0.837. The molecule has 3 aromatic heterocycles. The molecule has 0 aliphatic rings.